The molecular formula is C24H22Cl2N4O2. The molecule has 2 aliphatic rings. The van der Waals surface area contributed by atoms with Crippen LogP contribution in [0.2, 0.25) is 10.0 Å². The molecule has 1 aromatic heterocycles. The first-order chi connectivity index (χ1) is 15.5. The predicted octanol–water partition coefficient (Wildman–Crippen LogP) is 5.18. The molecule has 1 saturated heterocycles. The van der Waals surface area contributed by atoms with Gasteiger partial charge in [0.05, 0.1) is 28.8 Å². The average molecular weight is 469 g/mol. The number of hydrogen-bond donors (Lipinski definition) is 0. The van der Waals surface area contributed by atoms with Crippen LogP contribution in [0.5, 0.6) is 5.75 Å². The Morgan fingerprint density at radius 3 is 2.69 bits per heavy atom. The molecule has 5 rings (SSSR count). The van der Waals surface area contributed by atoms with Crippen molar-refractivity contribution < 1.29 is 9.53 Å². The summed E-state index contributed by atoms with van der Waals surface area (Å²) in [6.45, 7) is 3.08. The van der Waals surface area contributed by atoms with Crippen LogP contribution in [0.25, 0.3) is 0 Å². The zero-order valence-electron chi connectivity index (χ0n) is 17.5. The van der Waals surface area contributed by atoms with Gasteiger partial charge in [-0.1, -0.05) is 47.5 Å². The number of aromatic nitrogens is 2. The second kappa shape index (κ2) is 8.60. The Bertz CT molecular complexity index is 1180. The van der Waals surface area contributed by atoms with Gasteiger partial charge in [0.25, 0.3) is 0 Å². The highest BCUT2D eigenvalue weighted by molar-refractivity contribution is 6.42. The van der Waals surface area contributed by atoms with Gasteiger partial charge >= 0.3 is 0 Å². The number of fused-ring (bicyclic) bond motifs is 1. The maximum absolute atomic E-state index is 13.8. The molecule has 2 aliphatic heterocycles. The zero-order chi connectivity index (χ0) is 22.2. The van der Waals surface area contributed by atoms with E-state index in [1.165, 1.54) is 0 Å². The summed E-state index contributed by atoms with van der Waals surface area (Å²) < 4.78 is 7.88. The van der Waals surface area contributed by atoms with Crippen molar-refractivity contribution in [2.45, 2.75) is 25.5 Å². The van der Waals surface area contributed by atoms with E-state index in [1.807, 2.05) is 60.4 Å². The van der Waals surface area contributed by atoms with Gasteiger partial charge in [0.2, 0.25) is 5.91 Å². The van der Waals surface area contributed by atoms with Crippen molar-refractivity contribution in [2.24, 2.45) is 10.9 Å². The molecule has 0 bridgehead atoms. The lowest BCUT2D eigenvalue weighted by molar-refractivity contribution is -0.133. The van der Waals surface area contributed by atoms with Crippen molar-refractivity contribution in [3.8, 4) is 5.75 Å². The summed E-state index contributed by atoms with van der Waals surface area (Å²) in [6, 6.07) is 16.7. The summed E-state index contributed by atoms with van der Waals surface area (Å²) in [5.74, 6) is 1.06. The minimum atomic E-state index is -0.491. The monoisotopic (exact) mass is 468 g/mol. The Hall–Kier alpha value is -2.83. The van der Waals surface area contributed by atoms with Crippen molar-refractivity contribution in [3.05, 3.63) is 76.4 Å². The summed E-state index contributed by atoms with van der Waals surface area (Å²) in [7, 11) is 0. The number of likely N-dealkylation sites (tertiary alicyclic amines) is 1. The highest BCUT2D eigenvalue weighted by Gasteiger charge is 2.42. The first-order valence-electron chi connectivity index (χ1n) is 10.6. The summed E-state index contributed by atoms with van der Waals surface area (Å²) in [6.07, 6.45) is 2.45. The van der Waals surface area contributed by atoms with Gasteiger partial charge in [0.1, 0.15) is 17.8 Å². The van der Waals surface area contributed by atoms with E-state index >= 15 is 0 Å². The molecule has 8 heteroatoms. The van der Waals surface area contributed by atoms with E-state index in [4.69, 9.17) is 27.9 Å². The molecule has 1 amide bonds. The SMILES string of the molecule is CC1=Nc2ccnn2C(c2ccc(Cl)c(Cl)c2)C1C(=O)N1CC[C@H](Oc2ccccc2)C1. The number of rotatable bonds is 4. The Balaban J connectivity index is 1.43. The molecule has 6 nitrogen and oxygen atoms in total. The first-order valence-corrected chi connectivity index (χ1v) is 11.3. The molecule has 3 heterocycles. The van der Waals surface area contributed by atoms with Crippen LogP contribution in [0.15, 0.2) is 65.8 Å². The number of carbonyl (C=O) groups is 1. The molecule has 32 heavy (non-hydrogen) atoms. The maximum atomic E-state index is 13.8. The number of para-hydroxylation sites is 1. The van der Waals surface area contributed by atoms with E-state index in [1.54, 1.807) is 16.9 Å². The van der Waals surface area contributed by atoms with Gasteiger partial charge in [-0.25, -0.2) is 9.67 Å². The normalized spacial score (nSPS) is 22.4. The largest absolute Gasteiger partial charge is 0.489 e. The van der Waals surface area contributed by atoms with Crippen LogP contribution in [0.1, 0.15) is 24.9 Å². The third-order valence-corrected chi connectivity index (χ3v) is 6.76. The second-order valence-corrected chi connectivity index (χ2v) is 8.92. The van der Waals surface area contributed by atoms with Crippen LogP contribution in [-0.2, 0) is 4.79 Å². The van der Waals surface area contributed by atoms with Crippen LogP contribution >= 0.6 is 23.2 Å². The quantitative estimate of drug-likeness (QED) is 0.529. The van der Waals surface area contributed by atoms with Gasteiger partial charge in [-0.15, -0.1) is 0 Å². The fourth-order valence-electron chi connectivity index (χ4n) is 4.49. The molecule has 0 N–H and O–H groups in total. The van der Waals surface area contributed by atoms with Gasteiger partial charge in [0, 0.05) is 24.7 Å². The molecule has 3 atom stereocenters. The van der Waals surface area contributed by atoms with Crippen molar-refractivity contribution >= 4 is 40.6 Å². The highest BCUT2D eigenvalue weighted by Crippen LogP contribution is 2.39. The van der Waals surface area contributed by atoms with Gasteiger partial charge in [-0.3, -0.25) is 4.79 Å². The number of amides is 1. The number of benzene rings is 2. The van der Waals surface area contributed by atoms with Gasteiger partial charge < -0.3 is 9.64 Å². The number of aliphatic imine (C=N–C) groups is 1. The fourth-order valence-corrected chi connectivity index (χ4v) is 4.79. The number of halogens is 2. The molecular weight excluding hydrogens is 447 g/mol. The highest BCUT2D eigenvalue weighted by atomic mass is 35.5. The van der Waals surface area contributed by atoms with E-state index in [-0.39, 0.29) is 18.1 Å². The Labute approximate surface area is 196 Å². The van der Waals surface area contributed by atoms with Crippen molar-refractivity contribution in [2.75, 3.05) is 13.1 Å². The molecule has 2 aromatic carbocycles. The molecule has 1 fully saturated rings. The summed E-state index contributed by atoms with van der Waals surface area (Å²) >= 11 is 12.5. The third-order valence-electron chi connectivity index (χ3n) is 6.02. The van der Waals surface area contributed by atoms with E-state index in [0.717, 1.165) is 23.4 Å². The van der Waals surface area contributed by atoms with Crippen molar-refractivity contribution in [1.29, 1.82) is 0 Å². The van der Waals surface area contributed by atoms with Gasteiger partial charge in [-0.05, 0) is 36.8 Å². The second-order valence-electron chi connectivity index (χ2n) is 8.11. The lowest BCUT2D eigenvalue weighted by atomic mass is 9.87. The summed E-state index contributed by atoms with van der Waals surface area (Å²) in [5.41, 5.74) is 1.62. The molecule has 3 aromatic rings. The van der Waals surface area contributed by atoms with E-state index in [9.17, 15) is 4.79 Å². The average Bonchev–Trinajstić information content (AvgIpc) is 3.44. The van der Waals surface area contributed by atoms with E-state index in [0.29, 0.717) is 29.0 Å². The van der Waals surface area contributed by atoms with Crippen LogP contribution in [-0.4, -0.2) is 45.5 Å². The van der Waals surface area contributed by atoms with Gasteiger partial charge in [0.15, 0.2) is 5.82 Å². The lowest BCUT2D eigenvalue weighted by Crippen LogP contribution is -2.44. The van der Waals surface area contributed by atoms with E-state index in [2.05, 4.69) is 10.1 Å². The Morgan fingerprint density at radius 1 is 1.09 bits per heavy atom. The van der Waals surface area contributed by atoms with Crippen molar-refractivity contribution in [3.63, 3.8) is 0 Å². The number of ether oxygens (including phenoxy) is 1. The van der Waals surface area contributed by atoms with E-state index < -0.39 is 5.92 Å². The molecule has 0 spiro atoms. The molecule has 2 unspecified atom stereocenters. The Kier molecular flexibility index (Phi) is 5.66. The summed E-state index contributed by atoms with van der Waals surface area (Å²) in [5, 5.41) is 5.39. The fraction of sp³-hybridized carbons (Fsp3) is 0.292. The Morgan fingerprint density at radius 2 is 1.91 bits per heavy atom. The smallest absolute Gasteiger partial charge is 0.234 e. The lowest BCUT2D eigenvalue weighted by Gasteiger charge is -2.33. The molecule has 0 aliphatic carbocycles. The van der Waals surface area contributed by atoms with Crippen LogP contribution in [0.4, 0.5) is 5.82 Å². The number of hydrogen-bond acceptors (Lipinski definition) is 4. The standard InChI is InChI=1S/C24H22Cl2N4O2/c1-15-22(24(31)29-12-10-18(14-29)32-17-5-3-2-4-6-17)23(30-21(28-15)9-11-27-30)16-7-8-19(25)20(26)13-16/h2-9,11,13,18,22-23H,10,12,14H2,1H3/t18-,22?,23?/m0/s1. The maximum Gasteiger partial charge on any atom is 0.234 e. The number of carbonyl (C=O) groups excluding carboxylic acids is 1. The molecule has 164 valence electrons. The third kappa shape index (κ3) is 3.89. The van der Waals surface area contributed by atoms with Crippen LogP contribution in [0, 0.1) is 5.92 Å². The minimum Gasteiger partial charge on any atom is -0.489 e. The topological polar surface area (TPSA) is 59.7 Å². The number of nitrogens with zero attached hydrogens (tertiary/aromatic N) is 4. The zero-order valence-corrected chi connectivity index (χ0v) is 19.0. The van der Waals surface area contributed by atoms with Gasteiger partial charge in [-0.2, -0.15) is 5.10 Å². The first kappa shape index (κ1) is 21.0. The van der Waals surface area contributed by atoms with Crippen molar-refractivity contribution in [1.82, 2.24) is 14.7 Å². The molecule has 0 radical (unpaired) electrons. The predicted molar refractivity (Wildman–Crippen MR) is 125 cm³/mol. The summed E-state index contributed by atoms with van der Waals surface area (Å²) in [4.78, 5) is 20.3. The molecule has 0 saturated carbocycles. The van der Waals surface area contributed by atoms with Crippen LogP contribution in [0.3, 0.4) is 0 Å². The van der Waals surface area contributed by atoms with Crippen LogP contribution < -0.4 is 4.74 Å². The minimum absolute atomic E-state index is 0.0163.